The number of hydrogen-bond donors (Lipinski definition) is 2. The van der Waals surface area contributed by atoms with Gasteiger partial charge in [-0.25, -0.2) is 0 Å². The van der Waals surface area contributed by atoms with Crippen LogP contribution in [-0.4, -0.2) is 34.0 Å². The molecule has 0 spiro atoms. The number of carbonyl (C=O) groups excluding carboxylic acids is 2. The zero-order valence-electron chi connectivity index (χ0n) is 16.4. The number of amides is 2. The summed E-state index contributed by atoms with van der Waals surface area (Å²) in [5.74, 6) is -0.334. The minimum absolute atomic E-state index is 0.167. The van der Waals surface area contributed by atoms with Crippen molar-refractivity contribution in [2.75, 3.05) is 13.1 Å². The molecule has 2 heterocycles. The van der Waals surface area contributed by atoms with Crippen molar-refractivity contribution >= 4 is 11.8 Å². The summed E-state index contributed by atoms with van der Waals surface area (Å²) in [5.41, 5.74) is 3.15. The molecule has 2 aromatic heterocycles. The Morgan fingerprint density at radius 1 is 0.567 bits per heavy atom. The number of nitrogens with one attached hydrogen (secondary N) is 2. The van der Waals surface area contributed by atoms with Crippen molar-refractivity contribution in [3.63, 3.8) is 0 Å². The number of rotatable bonds is 7. The molecule has 6 heteroatoms. The first-order valence-corrected chi connectivity index (χ1v) is 9.74. The number of benzene rings is 2. The minimum Gasteiger partial charge on any atom is -0.350 e. The lowest BCUT2D eigenvalue weighted by molar-refractivity contribution is 0.0927. The fourth-order valence-electron chi connectivity index (χ4n) is 3.14. The molecule has 0 bridgehead atoms. The SMILES string of the molecule is O=C(NCCNC(=O)c1ccc(-n2cccc2)cc1)c1ccc(-n2cccc2)cc1. The number of aromatic nitrogens is 2. The van der Waals surface area contributed by atoms with Crippen LogP contribution >= 0.6 is 0 Å². The molecule has 0 saturated carbocycles. The fourth-order valence-corrected chi connectivity index (χ4v) is 3.14. The van der Waals surface area contributed by atoms with E-state index in [-0.39, 0.29) is 11.8 Å². The van der Waals surface area contributed by atoms with E-state index in [0.717, 1.165) is 11.4 Å². The molecule has 4 aromatic rings. The maximum Gasteiger partial charge on any atom is 0.251 e. The van der Waals surface area contributed by atoms with Crippen molar-refractivity contribution < 1.29 is 9.59 Å². The second-order valence-electron chi connectivity index (χ2n) is 6.79. The first-order chi connectivity index (χ1) is 14.7. The van der Waals surface area contributed by atoms with Gasteiger partial charge in [0, 0.05) is 60.4 Å². The lowest BCUT2D eigenvalue weighted by atomic mass is 10.2. The van der Waals surface area contributed by atoms with E-state index < -0.39 is 0 Å². The molecule has 0 unspecified atom stereocenters. The molecule has 0 aliphatic carbocycles. The predicted octanol–water partition coefficient (Wildman–Crippen LogP) is 3.43. The van der Waals surface area contributed by atoms with Crippen molar-refractivity contribution in [3.8, 4) is 11.4 Å². The van der Waals surface area contributed by atoms with Crippen LogP contribution in [0.1, 0.15) is 20.7 Å². The lowest BCUT2D eigenvalue weighted by Crippen LogP contribution is -2.34. The molecule has 2 N–H and O–H groups in total. The Hall–Kier alpha value is -4.06. The van der Waals surface area contributed by atoms with Gasteiger partial charge in [0.25, 0.3) is 11.8 Å². The van der Waals surface area contributed by atoms with Crippen molar-refractivity contribution in [2.24, 2.45) is 0 Å². The van der Waals surface area contributed by atoms with Crippen LogP contribution < -0.4 is 10.6 Å². The van der Waals surface area contributed by atoms with E-state index in [1.54, 1.807) is 24.3 Å². The molecule has 6 nitrogen and oxygen atoms in total. The third kappa shape index (κ3) is 4.50. The molecule has 0 aliphatic rings. The molecule has 0 aliphatic heterocycles. The number of carbonyl (C=O) groups is 2. The van der Waals surface area contributed by atoms with Crippen molar-refractivity contribution in [3.05, 3.63) is 109 Å². The summed E-state index contributed by atoms with van der Waals surface area (Å²) in [6, 6.07) is 22.5. The van der Waals surface area contributed by atoms with Gasteiger partial charge in [-0.05, 0) is 72.8 Å². The fraction of sp³-hybridized carbons (Fsp3) is 0.0833. The topological polar surface area (TPSA) is 68.1 Å². The Balaban J connectivity index is 1.23. The van der Waals surface area contributed by atoms with Crippen molar-refractivity contribution in [1.29, 1.82) is 0 Å². The predicted molar refractivity (Wildman–Crippen MR) is 116 cm³/mol. The molecule has 2 aromatic carbocycles. The van der Waals surface area contributed by atoms with E-state index in [1.807, 2.05) is 82.5 Å². The van der Waals surface area contributed by atoms with E-state index in [0.29, 0.717) is 24.2 Å². The van der Waals surface area contributed by atoms with Crippen LogP contribution in [0.25, 0.3) is 11.4 Å². The minimum atomic E-state index is -0.167. The zero-order chi connectivity index (χ0) is 20.8. The van der Waals surface area contributed by atoms with Gasteiger partial charge in [0.1, 0.15) is 0 Å². The van der Waals surface area contributed by atoms with E-state index in [2.05, 4.69) is 10.6 Å². The molecular formula is C24H22N4O2. The van der Waals surface area contributed by atoms with Gasteiger partial charge in [0.05, 0.1) is 0 Å². The summed E-state index contributed by atoms with van der Waals surface area (Å²) in [4.78, 5) is 24.5. The Bertz CT molecular complexity index is 1010. The summed E-state index contributed by atoms with van der Waals surface area (Å²) in [5, 5.41) is 5.65. The van der Waals surface area contributed by atoms with E-state index >= 15 is 0 Å². The van der Waals surface area contributed by atoms with Crippen LogP contribution in [0.2, 0.25) is 0 Å². The Morgan fingerprint density at radius 3 is 1.23 bits per heavy atom. The third-order valence-corrected chi connectivity index (χ3v) is 4.76. The molecular weight excluding hydrogens is 376 g/mol. The maximum absolute atomic E-state index is 12.3. The maximum atomic E-state index is 12.3. The Morgan fingerprint density at radius 2 is 0.900 bits per heavy atom. The van der Waals surface area contributed by atoms with Gasteiger partial charge in [-0.15, -0.1) is 0 Å². The Kier molecular flexibility index (Phi) is 5.75. The second-order valence-corrected chi connectivity index (χ2v) is 6.79. The molecule has 0 saturated heterocycles. The van der Waals surface area contributed by atoms with Gasteiger partial charge in [-0.1, -0.05) is 0 Å². The number of hydrogen-bond acceptors (Lipinski definition) is 2. The van der Waals surface area contributed by atoms with Gasteiger partial charge in [0.2, 0.25) is 0 Å². The van der Waals surface area contributed by atoms with Gasteiger partial charge in [0.15, 0.2) is 0 Å². The number of nitrogens with zero attached hydrogens (tertiary/aromatic N) is 2. The second kappa shape index (κ2) is 8.96. The van der Waals surface area contributed by atoms with E-state index in [4.69, 9.17) is 0 Å². The van der Waals surface area contributed by atoms with E-state index in [1.165, 1.54) is 0 Å². The van der Waals surface area contributed by atoms with Crippen LogP contribution in [-0.2, 0) is 0 Å². The summed E-state index contributed by atoms with van der Waals surface area (Å²) in [6.45, 7) is 0.705. The molecule has 150 valence electrons. The molecule has 30 heavy (non-hydrogen) atoms. The summed E-state index contributed by atoms with van der Waals surface area (Å²) in [6.07, 6.45) is 7.80. The van der Waals surface area contributed by atoms with Crippen LogP contribution in [0.15, 0.2) is 97.6 Å². The molecule has 4 rings (SSSR count). The standard InChI is InChI=1S/C24H22N4O2/c29-23(19-5-9-21(10-6-19)27-15-1-2-16-27)25-13-14-26-24(30)20-7-11-22(12-8-20)28-17-3-4-18-28/h1-12,15-18H,13-14H2,(H,25,29)(H,26,30). The van der Waals surface area contributed by atoms with Gasteiger partial charge in [-0.3, -0.25) is 9.59 Å². The lowest BCUT2D eigenvalue weighted by Gasteiger charge is -2.09. The first kappa shape index (κ1) is 19.3. The highest BCUT2D eigenvalue weighted by molar-refractivity contribution is 5.95. The summed E-state index contributed by atoms with van der Waals surface area (Å²) >= 11 is 0. The van der Waals surface area contributed by atoms with Gasteiger partial charge >= 0.3 is 0 Å². The molecule has 2 amide bonds. The molecule has 0 atom stereocenters. The van der Waals surface area contributed by atoms with Crippen LogP contribution in [0.5, 0.6) is 0 Å². The van der Waals surface area contributed by atoms with Crippen LogP contribution in [0.3, 0.4) is 0 Å². The Labute approximate surface area is 174 Å². The monoisotopic (exact) mass is 398 g/mol. The first-order valence-electron chi connectivity index (χ1n) is 9.74. The van der Waals surface area contributed by atoms with Gasteiger partial charge < -0.3 is 19.8 Å². The van der Waals surface area contributed by atoms with Crippen LogP contribution in [0, 0.1) is 0 Å². The highest BCUT2D eigenvalue weighted by Gasteiger charge is 2.07. The van der Waals surface area contributed by atoms with E-state index in [9.17, 15) is 9.59 Å². The highest BCUT2D eigenvalue weighted by atomic mass is 16.2. The summed E-state index contributed by atoms with van der Waals surface area (Å²) < 4.78 is 3.95. The summed E-state index contributed by atoms with van der Waals surface area (Å²) in [7, 11) is 0. The average Bonchev–Trinajstić information content (AvgIpc) is 3.51. The zero-order valence-corrected chi connectivity index (χ0v) is 16.4. The smallest absolute Gasteiger partial charge is 0.251 e. The average molecular weight is 398 g/mol. The van der Waals surface area contributed by atoms with Crippen molar-refractivity contribution in [2.45, 2.75) is 0 Å². The van der Waals surface area contributed by atoms with Crippen LogP contribution in [0.4, 0.5) is 0 Å². The normalized spacial score (nSPS) is 10.5. The molecule has 0 radical (unpaired) electrons. The van der Waals surface area contributed by atoms with Gasteiger partial charge in [-0.2, -0.15) is 0 Å². The quantitative estimate of drug-likeness (QED) is 0.469. The molecule has 0 fully saturated rings. The third-order valence-electron chi connectivity index (χ3n) is 4.76. The highest BCUT2D eigenvalue weighted by Crippen LogP contribution is 2.11. The largest absolute Gasteiger partial charge is 0.350 e. The van der Waals surface area contributed by atoms with Crippen molar-refractivity contribution in [1.82, 2.24) is 19.8 Å².